The third kappa shape index (κ3) is 2.07. The van der Waals surface area contributed by atoms with Crippen molar-refractivity contribution < 1.29 is 4.79 Å². The Morgan fingerprint density at radius 1 is 1.24 bits per heavy atom. The molecule has 4 nitrogen and oxygen atoms in total. The summed E-state index contributed by atoms with van der Waals surface area (Å²) in [5.41, 5.74) is 5.24. The van der Waals surface area contributed by atoms with Gasteiger partial charge < -0.3 is 9.88 Å². The number of H-pyrrole nitrogens is 1. The second-order valence-electron chi connectivity index (χ2n) is 8.11. The Hall–Kier alpha value is -2.07. The Kier molecular flexibility index (Phi) is 3.17. The van der Waals surface area contributed by atoms with Crippen LogP contribution in [0.15, 0.2) is 30.5 Å². The first kappa shape index (κ1) is 15.2. The highest BCUT2D eigenvalue weighted by atomic mass is 16.2. The molecular formula is C21H25N3O. The molecule has 4 atom stereocenters. The van der Waals surface area contributed by atoms with E-state index in [1.807, 2.05) is 0 Å². The number of fused-ring (bicyclic) bond motifs is 2. The molecule has 1 aromatic heterocycles. The summed E-state index contributed by atoms with van der Waals surface area (Å²) < 4.78 is 0. The second-order valence-corrected chi connectivity index (χ2v) is 8.11. The molecule has 0 radical (unpaired) electrons. The standard InChI is InChI=1S/C21H25N3O/c1-12-7-13(2)24(12)21(25)15-8-17-16-5-4-6-18-20(16)14(10-22-18)9-19(17)23(3)11-15/h4-6,8,10,12-13,15,19,22H,7,9,11H2,1-3H3/t12-,13-,15?,19+/m0/s1. The highest BCUT2D eigenvalue weighted by Gasteiger charge is 2.41. The topological polar surface area (TPSA) is 39.3 Å². The number of carbonyl (C=O) groups is 1. The van der Waals surface area contributed by atoms with Gasteiger partial charge in [0.25, 0.3) is 0 Å². The van der Waals surface area contributed by atoms with E-state index in [1.165, 1.54) is 27.6 Å². The maximum atomic E-state index is 13.1. The minimum Gasteiger partial charge on any atom is -0.361 e. The molecule has 1 saturated heterocycles. The lowest BCUT2D eigenvalue weighted by Gasteiger charge is -2.48. The van der Waals surface area contributed by atoms with Gasteiger partial charge in [-0.1, -0.05) is 18.2 Å². The second kappa shape index (κ2) is 5.21. The van der Waals surface area contributed by atoms with Crippen molar-refractivity contribution in [1.29, 1.82) is 0 Å². The number of amides is 1. The quantitative estimate of drug-likeness (QED) is 0.870. The van der Waals surface area contributed by atoms with E-state index >= 15 is 0 Å². The van der Waals surface area contributed by atoms with Gasteiger partial charge in [0.15, 0.2) is 0 Å². The molecule has 1 aliphatic carbocycles. The van der Waals surface area contributed by atoms with E-state index in [0.717, 1.165) is 19.4 Å². The summed E-state index contributed by atoms with van der Waals surface area (Å²) in [7, 11) is 2.17. The Balaban J connectivity index is 1.58. The Bertz CT molecular complexity index is 888. The van der Waals surface area contributed by atoms with Gasteiger partial charge in [-0.25, -0.2) is 0 Å². The first-order valence-corrected chi connectivity index (χ1v) is 9.38. The molecule has 1 aromatic carbocycles. The van der Waals surface area contributed by atoms with E-state index in [4.69, 9.17) is 0 Å². The minimum absolute atomic E-state index is 0.0304. The Labute approximate surface area is 148 Å². The van der Waals surface area contributed by atoms with Gasteiger partial charge in [0.1, 0.15) is 0 Å². The van der Waals surface area contributed by atoms with Gasteiger partial charge in [-0.15, -0.1) is 0 Å². The average molecular weight is 335 g/mol. The van der Waals surface area contributed by atoms with Crippen LogP contribution in [-0.4, -0.2) is 52.4 Å². The van der Waals surface area contributed by atoms with Crippen LogP contribution in [0.2, 0.25) is 0 Å². The van der Waals surface area contributed by atoms with Crippen molar-refractivity contribution in [2.45, 2.75) is 44.8 Å². The molecule has 0 bridgehead atoms. The number of aromatic amines is 1. The largest absolute Gasteiger partial charge is 0.361 e. The first-order chi connectivity index (χ1) is 12.0. The maximum absolute atomic E-state index is 13.1. The van der Waals surface area contributed by atoms with Crippen LogP contribution in [0, 0.1) is 5.92 Å². The van der Waals surface area contributed by atoms with Gasteiger partial charge in [-0.3, -0.25) is 9.69 Å². The third-order valence-electron chi connectivity index (χ3n) is 6.47. The van der Waals surface area contributed by atoms with Crippen molar-refractivity contribution in [2.24, 2.45) is 5.92 Å². The number of rotatable bonds is 1. The molecule has 0 spiro atoms. The van der Waals surface area contributed by atoms with E-state index < -0.39 is 0 Å². The number of carbonyl (C=O) groups excluding carboxylic acids is 1. The molecule has 2 aliphatic heterocycles. The molecule has 4 heteroatoms. The highest BCUT2D eigenvalue weighted by Crippen LogP contribution is 2.41. The molecule has 2 aromatic rings. The lowest BCUT2D eigenvalue weighted by Crippen LogP contribution is -2.59. The molecule has 1 amide bonds. The lowest BCUT2D eigenvalue weighted by molar-refractivity contribution is -0.146. The van der Waals surface area contributed by atoms with E-state index in [0.29, 0.717) is 24.0 Å². The van der Waals surface area contributed by atoms with Gasteiger partial charge in [-0.05, 0) is 56.5 Å². The average Bonchev–Trinajstić information content (AvgIpc) is 3.00. The van der Waals surface area contributed by atoms with Gasteiger partial charge in [0.2, 0.25) is 5.91 Å². The van der Waals surface area contributed by atoms with Crippen molar-refractivity contribution in [3.05, 3.63) is 41.6 Å². The minimum atomic E-state index is -0.0304. The fourth-order valence-corrected chi connectivity index (χ4v) is 5.25. The summed E-state index contributed by atoms with van der Waals surface area (Å²) >= 11 is 0. The van der Waals surface area contributed by atoms with Crippen LogP contribution in [0.1, 0.15) is 31.4 Å². The molecule has 3 heterocycles. The number of benzene rings is 1. The van der Waals surface area contributed by atoms with Crippen molar-refractivity contribution in [2.75, 3.05) is 13.6 Å². The third-order valence-corrected chi connectivity index (χ3v) is 6.47. The van der Waals surface area contributed by atoms with Crippen LogP contribution in [-0.2, 0) is 11.2 Å². The normalized spacial score (nSPS) is 31.5. The van der Waals surface area contributed by atoms with E-state index in [1.54, 1.807) is 0 Å². The SMILES string of the molecule is C[C@H]1C[C@H](C)N1C(=O)C1C=C2c3cccc4[nH]cc(c34)C[C@H]2N(C)C1. The number of hydrogen-bond donors (Lipinski definition) is 1. The summed E-state index contributed by atoms with van der Waals surface area (Å²) in [6.45, 7) is 5.14. The molecule has 1 unspecified atom stereocenters. The smallest absolute Gasteiger partial charge is 0.231 e. The zero-order valence-corrected chi connectivity index (χ0v) is 15.1. The van der Waals surface area contributed by atoms with Crippen LogP contribution in [0.3, 0.4) is 0 Å². The Morgan fingerprint density at radius 3 is 2.80 bits per heavy atom. The van der Waals surface area contributed by atoms with Crippen LogP contribution < -0.4 is 0 Å². The zero-order valence-electron chi connectivity index (χ0n) is 15.1. The van der Waals surface area contributed by atoms with Crippen LogP contribution in [0.4, 0.5) is 0 Å². The van der Waals surface area contributed by atoms with Crippen LogP contribution in [0.5, 0.6) is 0 Å². The van der Waals surface area contributed by atoms with Crippen molar-refractivity contribution >= 4 is 22.4 Å². The number of nitrogens with zero attached hydrogens (tertiary/aromatic N) is 2. The monoisotopic (exact) mass is 335 g/mol. The number of hydrogen-bond acceptors (Lipinski definition) is 2. The zero-order chi connectivity index (χ0) is 17.3. The number of likely N-dealkylation sites (N-methyl/N-ethyl adjacent to an activating group) is 1. The number of aromatic nitrogens is 1. The molecule has 5 rings (SSSR count). The molecule has 0 saturated carbocycles. The summed E-state index contributed by atoms with van der Waals surface area (Å²) in [5, 5.41) is 1.34. The first-order valence-electron chi connectivity index (χ1n) is 9.38. The molecule has 130 valence electrons. The number of likely N-dealkylation sites (tertiary alicyclic amines) is 1. The highest BCUT2D eigenvalue weighted by molar-refractivity contribution is 5.99. The van der Waals surface area contributed by atoms with E-state index in [2.05, 4.69) is 66.2 Å². The molecule has 25 heavy (non-hydrogen) atoms. The van der Waals surface area contributed by atoms with Gasteiger partial charge in [-0.2, -0.15) is 0 Å². The van der Waals surface area contributed by atoms with E-state index in [-0.39, 0.29) is 5.92 Å². The summed E-state index contributed by atoms with van der Waals surface area (Å²) in [6.07, 6.45) is 6.57. The summed E-state index contributed by atoms with van der Waals surface area (Å²) in [4.78, 5) is 21.0. The van der Waals surface area contributed by atoms with Gasteiger partial charge in [0, 0.05) is 41.8 Å². The van der Waals surface area contributed by atoms with Crippen LogP contribution >= 0.6 is 0 Å². The summed E-state index contributed by atoms with van der Waals surface area (Å²) in [6, 6.07) is 7.62. The van der Waals surface area contributed by atoms with Gasteiger partial charge >= 0.3 is 0 Å². The van der Waals surface area contributed by atoms with Crippen molar-refractivity contribution in [1.82, 2.24) is 14.8 Å². The predicted octanol–water partition coefficient (Wildman–Crippen LogP) is 3.05. The van der Waals surface area contributed by atoms with Crippen molar-refractivity contribution in [3.63, 3.8) is 0 Å². The summed E-state index contributed by atoms with van der Waals surface area (Å²) in [5.74, 6) is 0.272. The predicted molar refractivity (Wildman–Crippen MR) is 100 cm³/mol. The van der Waals surface area contributed by atoms with Crippen LogP contribution in [0.25, 0.3) is 16.5 Å². The fraction of sp³-hybridized carbons (Fsp3) is 0.476. The molecular weight excluding hydrogens is 310 g/mol. The van der Waals surface area contributed by atoms with E-state index in [9.17, 15) is 4.79 Å². The van der Waals surface area contributed by atoms with Gasteiger partial charge in [0.05, 0.1) is 5.92 Å². The Morgan fingerprint density at radius 2 is 2.04 bits per heavy atom. The number of nitrogens with one attached hydrogen (secondary N) is 1. The fourth-order valence-electron chi connectivity index (χ4n) is 5.25. The lowest BCUT2D eigenvalue weighted by atomic mass is 9.79. The van der Waals surface area contributed by atoms with Crippen molar-refractivity contribution in [3.8, 4) is 0 Å². The molecule has 1 fully saturated rings. The molecule has 3 aliphatic rings. The maximum Gasteiger partial charge on any atom is 0.231 e. The molecule has 1 N–H and O–H groups in total.